The molecule has 0 aromatic rings. The van der Waals surface area contributed by atoms with E-state index in [0.29, 0.717) is 16.9 Å². The van der Waals surface area contributed by atoms with Gasteiger partial charge in [0.15, 0.2) is 0 Å². The van der Waals surface area contributed by atoms with Crippen LogP contribution in [0.5, 0.6) is 0 Å². The van der Waals surface area contributed by atoms with Crippen LogP contribution in [-0.4, -0.2) is 12.7 Å². The van der Waals surface area contributed by atoms with Crippen LogP contribution in [0.1, 0.15) is 92.4 Å². The number of hydrogen-bond donors (Lipinski definition) is 0. The van der Waals surface area contributed by atoms with Crippen molar-refractivity contribution in [2.24, 2.45) is 34.5 Å². The lowest BCUT2D eigenvalue weighted by molar-refractivity contribution is -0.0738. The number of ether oxygens (including phenoxy) is 1. The molecule has 3 fully saturated rings. The highest BCUT2D eigenvalue weighted by molar-refractivity contribution is 5.24. The Morgan fingerprint density at radius 2 is 1.96 bits per heavy atom. The quantitative estimate of drug-likeness (QED) is 0.471. The second kappa shape index (κ2) is 7.36. The fourth-order valence-corrected chi connectivity index (χ4v) is 7.99. The molecule has 4 aliphatic rings. The largest absolute Gasteiger partial charge is 0.374 e. The SMILES string of the molecule is CC(C)=CCOC(C)C1CCC2C3CC=C4CCCCC4(C)C3CCC12C. The van der Waals surface area contributed by atoms with E-state index < -0.39 is 0 Å². The number of hydrogen-bond acceptors (Lipinski definition) is 1. The van der Waals surface area contributed by atoms with Gasteiger partial charge in [-0.25, -0.2) is 0 Å². The van der Waals surface area contributed by atoms with E-state index in [1.165, 1.54) is 63.4 Å². The van der Waals surface area contributed by atoms with Crippen molar-refractivity contribution in [3.05, 3.63) is 23.3 Å². The van der Waals surface area contributed by atoms with E-state index in [-0.39, 0.29) is 0 Å². The van der Waals surface area contributed by atoms with Gasteiger partial charge >= 0.3 is 0 Å². The third-order valence-electron chi connectivity index (χ3n) is 9.51. The number of fused-ring (bicyclic) bond motifs is 5. The Labute approximate surface area is 168 Å². The Kier molecular flexibility index (Phi) is 5.38. The van der Waals surface area contributed by atoms with E-state index in [2.05, 4.69) is 46.8 Å². The summed E-state index contributed by atoms with van der Waals surface area (Å²) in [6.45, 7) is 12.7. The molecular formula is C26H42O. The van der Waals surface area contributed by atoms with Crippen LogP contribution >= 0.6 is 0 Å². The van der Waals surface area contributed by atoms with Crippen LogP contribution in [-0.2, 0) is 4.74 Å². The number of allylic oxidation sites excluding steroid dienone is 3. The summed E-state index contributed by atoms with van der Waals surface area (Å²) in [5, 5.41) is 0. The molecular weight excluding hydrogens is 328 g/mol. The van der Waals surface area contributed by atoms with Crippen LogP contribution in [0.3, 0.4) is 0 Å². The zero-order valence-electron chi connectivity index (χ0n) is 18.5. The van der Waals surface area contributed by atoms with Gasteiger partial charge in [0.1, 0.15) is 0 Å². The fraction of sp³-hybridized carbons (Fsp3) is 0.846. The molecule has 4 rings (SSSR count). The summed E-state index contributed by atoms with van der Waals surface area (Å²) in [7, 11) is 0. The lowest BCUT2D eigenvalue weighted by Gasteiger charge is -2.58. The Bertz CT molecular complexity index is 612. The van der Waals surface area contributed by atoms with Crippen LogP contribution in [0, 0.1) is 34.5 Å². The van der Waals surface area contributed by atoms with E-state index in [1.54, 1.807) is 0 Å². The molecule has 1 heteroatoms. The number of rotatable bonds is 4. The third kappa shape index (κ3) is 3.26. The van der Waals surface area contributed by atoms with E-state index in [0.717, 1.165) is 30.3 Å². The molecule has 4 aliphatic carbocycles. The highest BCUT2D eigenvalue weighted by Gasteiger charge is 2.58. The van der Waals surface area contributed by atoms with Crippen molar-refractivity contribution >= 4 is 0 Å². The lowest BCUT2D eigenvalue weighted by Crippen LogP contribution is -2.50. The fourth-order valence-electron chi connectivity index (χ4n) is 7.99. The van der Waals surface area contributed by atoms with Crippen molar-refractivity contribution in [1.82, 2.24) is 0 Å². The van der Waals surface area contributed by atoms with Gasteiger partial charge < -0.3 is 4.74 Å². The molecule has 0 heterocycles. The zero-order chi connectivity index (χ0) is 19.2. The van der Waals surface area contributed by atoms with Gasteiger partial charge in [-0.15, -0.1) is 0 Å². The Morgan fingerprint density at radius 3 is 2.74 bits per heavy atom. The molecule has 0 aliphatic heterocycles. The topological polar surface area (TPSA) is 9.23 Å². The second-order valence-electron chi connectivity index (χ2n) is 11.0. The average Bonchev–Trinajstić information content (AvgIpc) is 2.98. The highest BCUT2D eigenvalue weighted by atomic mass is 16.5. The molecule has 1 nitrogen and oxygen atoms in total. The minimum Gasteiger partial charge on any atom is -0.374 e. The van der Waals surface area contributed by atoms with Gasteiger partial charge in [0.25, 0.3) is 0 Å². The molecule has 0 bridgehead atoms. The van der Waals surface area contributed by atoms with Gasteiger partial charge in [-0.2, -0.15) is 0 Å². The van der Waals surface area contributed by atoms with Gasteiger partial charge in [-0.3, -0.25) is 0 Å². The molecule has 7 atom stereocenters. The van der Waals surface area contributed by atoms with Crippen LogP contribution in [0.4, 0.5) is 0 Å². The summed E-state index contributed by atoms with van der Waals surface area (Å²) in [5.41, 5.74) is 4.24. The summed E-state index contributed by atoms with van der Waals surface area (Å²) < 4.78 is 6.30. The molecule has 0 N–H and O–H groups in total. The van der Waals surface area contributed by atoms with Crippen molar-refractivity contribution in [3.63, 3.8) is 0 Å². The second-order valence-corrected chi connectivity index (χ2v) is 11.0. The summed E-state index contributed by atoms with van der Waals surface area (Å²) >= 11 is 0. The summed E-state index contributed by atoms with van der Waals surface area (Å²) in [5.74, 6) is 3.56. The van der Waals surface area contributed by atoms with Gasteiger partial charge in [0.2, 0.25) is 0 Å². The standard InChI is InChI=1S/C26H42O/c1-18(2)14-17-27-19(3)22-11-12-23-21-10-9-20-8-6-7-15-25(20,4)24(21)13-16-26(22,23)5/h9,14,19,21-24H,6-8,10-13,15-17H2,1-5H3. The van der Waals surface area contributed by atoms with Crippen molar-refractivity contribution in [1.29, 1.82) is 0 Å². The van der Waals surface area contributed by atoms with Crippen molar-refractivity contribution < 1.29 is 4.74 Å². The normalized spacial score (nSPS) is 44.6. The van der Waals surface area contributed by atoms with Crippen LogP contribution in [0.15, 0.2) is 23.3 Å². The average molecular weight is 371 g/mol. The zero-order valence-corrected chi connectivity index (χ0v) is 18.5. The minimum atomic E-state index is 0.395. The van der Waals surface area contributed by atoms with Crippen LogP contribution in [0.2, 0.25) is 0 Å². The molecule has 3 saturated carbocycles. The molecule has 0 amide bonds. The first-order valence-corrected chi connectivity index (χ1v) is 11.8. The monoisotopic (exact) mass is 370 g/mol. The molecule has 0 spiro atoms. The first kappa shape index (κ1) is 19.7. The van der Waals surface area contributed by atoms with Gasteiger partial charge in [0, 0.05) is 0 Å². The third-order valence-corrected chi connectivity index (χ3v) is 9.51. The first-order chi connectivity index (χ1) is 12.9. The summed E-state index contributed by atoms with van der Waals surface area (Å²) in [6.07, 6.45) is 18.2. The van der Waals surface area contributed by atoms with Crippen molar-refractivity contribution in [2.75, 3.05) is 6.61 Å². The predicted molar refractivity (Wildman–Crippen MR) is 115 cm³/mol. The smallest absolute Gasteiger partial charge is 0.0653 e. The lowest BCUT2D eigenvalue weighted by atomic mass is 9.47. The maximum atomic E-state index is 6.30. The molecule has 7 unspecified atom stereocenters. The van der Waals surface area contributed by atoms with Crippen molar-refractivity contribution in [2.45, 2.75) is 98.5 Å². The van der Waals surface area contributed by atoms with Crippen molar-refractivity contribution in [3.8, 4) is 0 Å². The summed E-state index contributed by atoms with van der Waals surface area (Å²) in [4.78, 5) is 0. The maximum absolute atomic E-state index is 6.30. The van der Waals surface area contributed by atoms with Crippen LogP contribution in [0.25, 0.3) is 0 Å². The maximum Gasteiger partial charge on any atom is 0.0653 e. The molecule has 0 saturated heterocycles. The molecule has 0 aromatic carbocycles. The van der Waals surface area contributed by atoms with E-state index >= 15 is 0 Å². The highest BCUT2D eigenvalue weighted by Crippen LogP contribution is 2.66. The van der Waals surface area contributed by atoms with Crippen LogP contribution < -0.4 is 0 Å². The van der Waals surface area contributed by atoms with Gasteiger partial charge in [0.05, 0.1) is 12.7 Å². The molecule has 0 aromatic heterocycles. The summed E-state index contributed by atoms with van der Waals surface area (Å²) in [6, 6.07) is 0. The Hall–Kier alpha value is -0.560. The van der Waals surface area contributed by atoms with E-state index in [4.69, 9.17) is 4.74 Å². The van der Waals surface area contributed by atoms with Gasteiger partial charge in [-0.05, 0) is 107 Å². The predicted octanol–water partition coefficient (Wildman–Crippen LogP) is 7.33. The van der Waals surface area contributed by atoms with E-state index in [9.17, 15) is 0 Å². The molecule has 152 valence electrons. The Balaban J connectivity index is 1.51. The Morgan fingerprint density at radius 1 is 1.15 bits per heavy atom. The van der Waals surface area contributed by atoms with E-state index in [1.807, 2.05) is 5.57 Å². The molecule has 27 heavy (non-hydrogen) atoms. The molecule has 0 radical (unpaired) electrons. The first-order valence-electron chi connectivity index (χ1n) is 11.8. The minimum absolute atomic E-state index is 0.395. The van der Waals surface area contributed by atoms with Gasteiger partial charge in [-0.1, -0.05) is 43.6 Å².